The van der Waals surface area contributed by atoms with Gasteiger partial charge in [-0.3, -0.25) is 9.78 Å². The minimum absolute atomic E-state index is 0.108. The van der Waals surface area contributed by atoms with Crippen molar-refractivity contribution in [3.63, 3.8) is 0 Å². The maximum Gasteiger partial charge on any atom is 0.251 e. The van der Waals surface area contributed by atoms with Crippen molar-refractivity contribution in [1.82, 2.24) is 20.3 Å². The third kappa shape index (κ3) is 4.14. The SMILES string of the molecule is O=C(NCSc1nccc(-c2ccncc2)n1)c1ccccc1. The summed E-state index contributed by atoms with van der Waals surface area (Å²) in [5.41, 5.74) is 2.46. The van der Waals surface area contributed by atoms with Crippen molar-refractivity contribution >= 4 is 17.7 Å². The van der Waals surface area contributed by atoms with E-state index in [4.69, 9.17) is 0 Å². The van der Waals surface area contributed by atoms with Crippen molar-refractivity contribution in [3.05, 3.63) is 72.7 Å². The molecule has 0 aliphatic heterocycles. The van der Waals surface area contributed by atoms with Crippen LogP contribution in [0.2, 0.25) is 0 Å². The van der Waals surface area contributed by atoms with Gasteiger partial charge >= 0.3 is 0 Å². The molecule has 1 N–H and O–H groups in total. The van der Waals surface area contributed by atoms with Crippen molar-refractivity contribution in [2.45, 2.75) is 5.16 Å². The first-order chi connectivity index (χ1) is 11.3. The molecule has 5 nitrogen and oxygen atoms in total. The predicted molar refractivity (Wildman–Crippen MR) is 89.9 cm³/mol. The number of hydrogen-bond donors (Lipinski definition) is 1. The Morgan fingerprint density at radius 2 is 1.78 bits per heavy atom. The molecular formula is C17H14N4OS. The predicted octanol–water partition coefficient (Wildman–Crippen LogP) is 3.02. The molecule has 3 rings (SSSR count). The lowest BCUT2D eigenvalue weighted by molar-refractivity contribution is 0.0961. The zero-order valence-electron chi connectivity index (χ0n) is 12.2. The fourth-order valence-electron chi connectivity index (χ4n) is 1.95. The highest BCUT2D eigenvalue weighted by Crippen LogP contribution is 2.18. The molecule has 23 heavy (non-hydrogen) atoms. The van der Waals surface area contributed by atoms with Gasteiger partial charge in [0.15, 0.2) is 5.16 Å². The van der Waals surface area contributed by atoms with Gasteiger partial charge in [0.05, 0.1) is 11.6 Å². The molecule has 1 aromatic carbocycles. The van der Waals surface area contributed by atoms with Crippen LogP contribution in [-0.2, 0) is 0 Å². The molecule has 2 heterocycles. The zero-order chi connectivity index (χ0) is 15.9. The van der Waals surface area contributed by atoms with Crippen LogP contribution in [-0.4, -0.2) is 26.7 Å². The lowest BCUT2D eigenvalue weighted by Gasteiger charge is -2.05. The number of thioether (sulfide) groups is 1. The number of nitrogens with one attached hydrogen (secondary N) is 1. The minimum atomic E-state index is -0.108. The van der Waals surface area contributed by atoms with Gasteiger partial charge in [0.1, 0.15) is 0 Å². The minimum Gasteiger partial charge on any atom is -0.343 e. The maximum absolute atomic E-state index is 12.0. The molecule has 0 fully saturated rings. The molecule has 1 amide bonds. The van der Waals surface area contributed by atoms with Crippen LogP contribution in [0, 0.1) is 0 Å². The number of pyridine rings is 1. The number of aromatic nitrogens is 3. The van der Waals surface area contributed by atoms with Gasteiger partial charge in [-0.05, 0) is 30.3 Å². The summed E-state index contributed by atoms with van der Waals surface area (Å²) in [6.45, 7) is 0. The second-order valence-corrected chi connectivity index (χ2v) is 5.56. The summed E-state index contributed by atoms with van der Waals surface area (Å²) in [5.74, 6) is 0.302. The van der Waals surface area contributed by atoms with Gasteiger partial charge in [0, 0.05) is 29.7 Å². The topological polar surface area (TPSA) is 67.8 Å². The first-order valence-electron chi connectivity index (χ1n) is 7.02. The van der Waals surface area contributed by atoms with Crippen molar-refractivity contribution in [3.8, 4) is 11.3 Å². The third-order valence-corrected chi connectivity index (χ3v) is 3.82. The van der Waals surface area contributed by atoms with E-state index in [1.807, 2.05) is 36.4 Å². The molecule has 0 radical (unpaired) electrons. The van der Waals surface area contributed by atoms with Gasteiger partial charge < -0.3 is 5.32 Å². The number of carbonyl (C=O) groups excluding carboxylic acids is 1. The summed E-state index contributed by atoms with van der Waals surface area (Å²) in [4.78, 5) is 24.7. The summed E-state index contributed by atoms with van der Waals surface area (Å²) in [5, 5.41) is 3.46. The molecule has 0 spiro atoms. The third-order valence-electron chi connectivity index (χ3n) is 3.08. The van der Waals surface area contributed by atoms with E-state index in [-0.39, 0.29) is 5.91 Å². The molecule has 0 saturated carbocycles. The summed E-state index contributed by atoms with van der Waals surface area (Å²) >= 11 is 1.38. The molecule has 0 aliphatic carbocycles. The lowest BCUT2D eigenvalue weighted by atomic mass is 10.2. The van der Waals surface area contributed by atoms with Crippen LogP contribution in [0.4, 0.5) is 0 Å². The van der Waals surface area contributed by atoms with Crippen LogP contribution in [0.5, 0.6) is 0 Å². The lowest BCUT2D eigenvalue weighted by Crippen LogP contribution is -2.22. The Labute approximate surface area is 138 Å². The molecule has 0 bridgehead atoms. The number of hydrogen-bond acceptors (Lipinski definition) is 5. The Morgan fingerprint density at radius 1 is 1.00 bits per heavy atom. The summed E-state index contributed by atoms with van der Waals surface area (Å²) in [6, 6.07) is 14.8. The quantitative estimate of drug-likeness (QED) is 0.444. The van der Waals surface area contributed by atoms with Crippen LogP contribution in [0.3, 0.4) is 0 Å². The Kier molecular flexibility index (Phi) is 4.95. The van der Waals surface area contributed by atoms with E-state index in [2.05, 4.69) is 20.3 Å². The summed E-state index contributed by atoms with van der Waals surface area (Å²) in [6.07, 6.45) is 5.17. The van der Waals surface area contributed by atoms with Crippen molar-refractivity contribution in [2.75, 3.05) is 5.88 Å². The van der Waals surface area contributed by atoms with Gasteiger partial charge in [-0.1, -0.05) is 30.0 Å². The van der Waals surface area contributed by atoms with E-state index in [0.717, 1.165) is 11.3 Å². The Morgan fingerprint density at radius 3 is 2.57 bits per heavy atom. The van der Waals surface area contributed by atoms with Crippen molar-refractivity contribution < 1.29 is 4.79 Å². The van der Waals surface area contributed by atoms with Gasteiger partial charge in [-0.25, -0.2) is 9.97 Å². The monoisotopic (exact) mass is 322 g/mol. The summed E-state index contributed by atoms with van der Waals surface area (Å²) < 4.78 is 0. The highest BCUT2D eigenvalue weighted by atomic mass is 32.2. The fraction of sp³-hybridized carbons (Fsp3) is 0.0588. The van der Waals surface area contributed by atoms with Crippen molar-refractivity contribution in [1.29, 1.82) is 0 Å². The Balaban J connectivity index is 1.60. The highest BCUT2D eigenvalue weighted by molar-refractivity contribution is 7.99. The normalized spacial score (nSPS) is 10.3. The van der Waals surface area contributed by atoms with Gasteiger partial charge in [-0.15, -0.1) is 0 Å². The second-order valence-electron chi connectivity index (χ2n) is 4.62. The number of benzene rings is 1. The van der Waals surface area contributed by atoms with Crippen molar-refractivity contribution in [2.24, 2.45) is 0 Å². The number of rotatable bonds is 5. The van der Waals surface area contributed by atoms with E-state index in [0.29, 0.717) is 16.6 Å². The number of amides is 1. The van der Waals surface area contributed by atoms with E-state index in [1.54, 1.807) is 30.7 Å². The van der Waals surface area contributed by atoms with Gasteiger partial charge in [0.2, 0.25) is 0 Å². The van der Waals surface area contributed by atoms with Crippen LogP contribution < -0.4 is 5.32 Å². The van der Waals surface area contributed by atoms with Gasteiger partial charge in [-0.2, -0.15) is 0 Å². The molecule has 0 aliphatic rings. The average molecular weight is 322 g/mol. The zero-order valence-corrected chi connectivity index (χ0v) is 13.0. The maximum atomic E-state index is 12.0. The largest absolute Gasteiger partial charge is 0.343 e. The Bertz CT molecular complexity index is 781. The molecule has 0 unspecified atom stereocenters. The van der Waals surface area contributed by atoms with Crippen LogP contribution in [0.15, 0.2) is 72.3 Å². The molecule has 2 aromatic heterocycles. The molecule has 3 aromatic rings. The Hall–Kier alpha value is -2.73. The van der Waals surface area contributed by atoms with Crippen LogP contribution in [0.1, 0.15) is 10.4 Å². The molecule has 0 atom stereocenters. The first-order valence-corrected chi connectivity index (χ1v) is 8.01. The highest BCUT2D eigenvalue weighted by Gasteiger charge is 2.06. The van der Waals surface area contributed by atoms with E-state index in [1.165, 1.54) is 11.8 Å². The standard InChI is InChI=1S/C17H14N4OS/c22-16(14-4-2-1-3-5-14)20-12-23-17-19-11-8-15(21-17)13-6-9-18-10-7-13/h1-11H,12H2,(H,20,22). The molecule has 114 valence electrons. The first kappa shape index (κ1) is 15.2. The number of carbonyl (C=O) groups is 1. The van der Waals surface area contributed by atoms with Crippen LogP contribution >= 0.6 is 11.8 Å². The van der Waals surface area contributed by atoms with E-state index in [9.17, 15) is 4.79 Å². The molecule has 6 heteroatoms. The molecule has 0 saturated heterocycles. The van der Waals surface area contributed by atoms with Crippen LogP contribution in [0.25, 0.3) is 11.3 Å². The average Bonchev–Trinajstić information content (AvgIpc) is 2.63. The second kappa shape index (κ2) is 7.51. The smallest absolute Gasteiger partial charge is 0.251 e. The molecular weight excluding hydrogens is 308 g/mol. The van der Waals surface area contributed by atoms with E-state index >= 15 is 0 Å². The number of nitrogens with zero attached hydrogens (tertiary/aromatic N) is 3. The van der Waals surface area contributed by atoms with E-state index < -0.39 is 0 Å². The van der Waals surface area contributed by atoms with Gasteiger partial charge in [0.25, 0.3) is 5.91 Å². The fourth-order valence-corrected chi connectivity index (χ4v) is 2.58. The summed E-state index contributed by atoms with van der Waals surface area (Å²) in [7, 11) is 0.